The summed E-state index contributed by atoms with van der Waals surface area (Å²) in [4.78, 5) is 35.8. The molecule has 0 aliphatic rings. The molecule has 0 aliphatic carbocycles. The summed E-state index contributed by atoms with van der Waals surface area (Å²) in [5.41, 5.74) is -1.84. The molecule has 0 amide bonds. The predicted molar refractivity (Wildman–Crippen MR) is 76.5 cm³/mol. The van der Waals surface area contributed by atoms with E-state index in [9.17, 15) is 19.5 Å². The van der Waals surface area contributed by atoms with Crippen LogP contribution in [0, 0.1) is 11.3 Å². The highest BCUT2D eigenvalue weighted by Crippen LogP contribution is 2.40. The standard InChI is InChI=1S/C15H24O6/c1-6-11(10(5)12(16)20-8-3)15(7-2,13(17)18)14(19)21-9-4/h11H,5-9H2,1-4H3,(H,17,18). The number of carboxylic acids is 1. The normalized spacial score (nSPS) is 14.7. The van der Waals surface area contributed by atoms with Crippen LogP contribution >= 0.6 is 0 Å². The van der Waals surface area contributed by atoms with Gasteiger partial charge in [-0.1, -0.05) is 20.4 Å². The predicted octanol–water partition coefficient (Wildman–Crippen LogP) is 2.18. The average molecular weight is 300 g/mol. The number of hydrogen-bond acceptors (Lipinski definition) is 5. The molecule has 0 radical (unpaired) electrons. The Morgan fingerprint density at radius 1 is 1.10 bits per heavy atom. The van der Waals surface area contributed by atoms with E-state index in [0.717, 1.165) is 0 Å². The molecule has 0 fully saturated rings. The van der Waals surface area contributed by atoms with Crippen molar-refractivity contribution in [2.24, 2.45) is 11.3 Å². The van der Waals surface area contributed by atoms with Crippen molar-refractivity contribution in [2.75, 3.05) is 13.2 Å². The average Bonchev–Trinajstić information content (AvgIpc) is 2.43. The van der Waals surface area contributed by atoms with Gasteiger partial charge in [-0.25, -0.2) is 4.79 Å². The van der Waals surface area contributed by atoms with Crippen LogP contribution in [0.25, 0.3) is 0 Å². The van der Waals surface area contributed by atoms with E-state index in [1.54, 1.807) is 27.7 Å². The van der Waals surface area contributed by atoms with Crippen LogP contribution in [0.2, 0.25) is 0 Å². The zero-order valence-electron chi connectivity index (χ0n) is 13.1. The summed E-state index contributed by atoms with van der Waals surface area (Å²) in [7, 11) is 0. The molecular formula is C15H24O6. The molecule has 0 saturated heterocycles. The Kier molecular flexibility index (Phi) is 7.70. The van der Waals surface area contributed by atoms with Gasteiger partial charge in [0.25, 0.3) is 0 Å². The zero-order valence-corrected chi connectivity index (χ0v) is 13.1. The maximum atomic E-state index is 12.2. The minimum absolute atomic E-state index is 0.00189. The molecule has 120 valence electrons. The first-order valence-electron chi connectivity index (χ1n) is 7.09. The summed E-state index contributed by atoms with van der Waals surface area (Å²) < 4.78 is 9.78. The fraction of sp³-hybridized carbons (Fsp3) is 0.667. The monoisotopic (exact) mass is 300 g/mol. The zero-order chi connectivity index (χ0) is 16.6. The molecule has 0 rings (SSSR count). The van der Waals surface area contributed by atoms with Crippen molar-refractivity contribution in [2.45, 2.75) is 40.5 Å². The van der Waals surface area contributed by atoms with Gasteiger partial charge in [-0.05, 0) is 26.7 Å². The van der Waals surface area contributed by atoms with E-state index in [2.05, 4.69) is 6.58 Å². The topological polar surface area (TPSA) is 89.9 Å². The van der Waals surface area contributed by atoms with Crippen molar-refractivity contribution in [3.63, 3.8) is 0 Å². The summed E-state index contributed by atoms with van der Waals surface area (Å²) in [6, 6.07) is 0. The molecule has 0 aromatic carbocycles. The lowest BCUT2D eigenvalue weighted by Gasteiger charge is -2.34. The van der Waals surface area contributed by atoms with E-state index < -0.39 is 29.2 Å². The van der Waals surface area contributed by atoms with E-state index in [1.165, 1.54) is 0 Å². The molecule has 0 spiro atoms. The van der Waals surface area contributed by atoms with Crippen molar-refractivity contribution < 1.29 is 29.0 Å². The molecule has 0 aliphatic heterocycles. The summed E-state index contributed by atoms with van der Waals surface area (Å²) in [6.45, 7) is 10.4. The molecule has 0 aromatic heterocycles. The maximum Gasteiger partial charge on any atom is 0.333 e. The third-order valence-corrected chi connectivity index (χ3v) is 3.54. The van der Waals surface area contributed by atoms with Gasteiger partial charge >= 0.3 is 17.9 Å². The number of hydrogen-bond donors (Lipinski definition) is 1. The third-order valence-electron chi connectivity index (χ3n) is 3.54. The highest BCUT2D eigenvalue weighted by Gasteiger charge is 2.53. The van der Waals surface area contributed by atoms with E-state index in [0.29, 0.717) is 0 Å². The van der Waals surface area contributed by atoms with E-state index in [-0.39, 0.29) is 31.6 Å². The number of esters is 2. The van der Waals surface area contributed by atoms with Crippen LogP contribution in [0.15, 0.2) is 12.2 Å². The summed E-state index contributed by atoms with van der Waals surface area (Å²) in [5, 5.41) is 9.59. The number of carbonyl (C=O) groups is 3. The van der Waals surface area contributed by atoms with Gasteiger partial charge in [0.2, 0.25) is 0 Å². The summed E-state index contributed by atoms with van der Waals surface area (Å²) in [6.07, 6.45) is 0.259. The number of ether oxygens (including phenoxy) is 2. The second-order valence-corrected chi connectivity index (χ2v) is 4.56. The first kappa shape index (κ1) is 19.1. The molecule has 0 bridgehead atoms. The van der Waals surface area contributed by atoms with Crippen LogP contribution in [0.5, 0.6) is 0 Å². The first-order valence-corrected chi connectivity index (χ1v) is 7.09. The number of aliphatic carboxylic acids is 1. The molecule has 0 aromatic rings. The SMILES string of the molecule is C=C(C(=O)OCC)C(CC)C(CC)(C(=O)O)C(=O)OCC. The molecule has 1 N–H and O–H groups in total. The van der Waals surface area contributed by atoms with Gasteiger partial charge in [0.05, 0.1) is 13.2 Å². The molecule has 0 saturated carbocycles. The molecule has 2 unspecified atom stereocenters. The van der Waals surface area contributed by atoms with Gasteiger partial charge in [0, 0.05) is 11.5 Å². The lowest BCUT2D eigenvalue weighted by atomic mass is 9.68. The van der Waals surface area contributed by atoms with Crippen molar-refractivity contribution in [1.29, 1.82) is 0 Å². The van der Waals surface area contributed by atoms with Crippen LogP contribution in [0.4, 0.5) is 0 Å². The third kappa shape index (κ3) is 3.83. The molecular weight excluding hydrogens is 276 g/mol. The van der Waals surface area contributed by atoms with Gasteiger partial charge in [0.1, 0.15) is 0 Å². The Morgan fingerprint density at radius 3 is 1.95 bits per heavy atom. The number of carboxylic acid groups (broad SMARTS) is 1. The van der Waals surface area contributed by atoms with Crippen molar-refractivity contribution in [3.8, 4) is 0 Å². The molecule has 2 atom stereocenters. The van der Waals surface area contributed by atoms with Gasteiger partial charge in [0.15, 0.2) is 5.41 Å². The van der Waals surface area contributed by atoms with Crippen molar-refractivity contribution in [3.05, 3.63) is 12.2 Å². The summed E-state index contributed by atoms with van der Waals surface area (Å²) in [5.74, 6) is -3.73. The Bertz CT molecular complexity index is 414. The van der Waals surface area contributed by atoms with Gasteiger partial charge in [-0.2, -0.15) is 0 Å². The van der Waals surface area contributed by atoms with Crippen molar-refractivity contribution >= 4 is 17.9 Å². The molecule has 6 heteroatoms. The Balaban J connectivity index is 5.76. The lowest BCUT2D eigenvalue weighted by Crippen LogP contribution is -2.48. The van der Waals surface area contributed by atoms with Crippen molar-refractivity contribution in [1.82, 2.24) is 0 Å². The Hall–Kier alpha value is -1.85. The minimum Gasteiger partial charge on any atom is -0.480 e. The first-order chi connectivity index (χ1) is 9.83. The number of carbonyl (C=O) groups excluding carboxylic acids is 2. The molecule has 0 heterocycles. The molecule has 6 nitrogen and oxygen atoms in total. The van der Waals surface area contributed by atoms with Crippen LogP contribution in [0.3, 0.4) is 0 Å². The summed E-state index contributed by atoms with van der Waals surface area (Å²) >= 11 is 0. The second kappa shape index (κ2) is 8.44. The quantitative estimate of drug-likeness (QED) is 0.399. The highest BCUT2D eigenvalue weighted by atomic mass is 16.5. The van der Waals surface area contributed by atoms with Gasteiger partial charge in [-0.15, -0.1) is 0 Å². The Morgan fingerprint density at radius 2 is 1.62 bits per heavy atom. The van der Waals surface area contributed by atoms with E-state index in [1.807, 2.05) is 0 Å². The van der Waals surface area contributed by atoms with Crippen LogP contribution in [-0.2, 0) is 23.9 Å². The highest BCUT2D eigenvalue weighted by molar-refractivity contribution is 6.02. The second-order valence-electron chi connectivity index (χ2n) is 4.56. The Labute approximate surface area is 125 Å². The maximum absolute atomic E-state index is 12.2. The smallest absolute Gasteiger partial charge is 0.333 e. The van der Waals surface area contributed by atoms with Crippen LogP contribution in [-0.4, -0.2) is 36.2 Å². The largest absolute Gasteiger partial charge is 0.480 e. The lowest BCUT2D eigenvalue weighted by molar-refractivity contribution is -0.173. The van der Waals surface area contributed by atoms with Crippen LogP contribution < -0.4 is 0 Å². The van der Waals surface area contributed by atoms with Gasteiger partial charge < -0.3 is 14.6 Å². The van der Waals surface area contributed by atoms with Gasteiger partial charge in [-0.3, -0.25) is 9.59 Å². The molecule has 21 heavy (non-hydrogen) atoms. The fourth-order valence-electron chi connectivity index (χ4n) is 2.44. The van der Waals surface area contributed by atoms with Crippen LogP contribution in [0.1, 0.15) is 40.5 Å². The van der Waals surface area contributed by atoms with E-state index in [4.69, 9.17) is 9.47 Å². The number of rotatable bonds is 9. The fourth-order valence-corrected chi connectivity index (χ4v) is 2.44. The minimum atomic E-state index is -1.82. The van der Waals surface area contributed by atoms with E-state index >= 15 is 0 Å².